The van der Waals surface area contributed by atoms with Gasteiger partial charge in [0.25, 0.3) is 0 Å². The third-order valence-corrected chi connectivity index (χ3v) is 9.31. The van der Waals surface area contributed by atoms with Crippen LogP contribution in [0.5, 0.6) is 11.5 Å². The van der Waals surface area contributed by atoms with Crippen molar-refractivity contribution in [1.29, 1.82) is 0 Å². The van der Waals surface area contributed by atoms with Gasteiger partial charge in [0.15, 0.2) is 21.4 Å². The van der Waals surface area contributed by atoms with E-state index in [9.17, 15) is 12.8 Å². The van der Waals surface area contributed by atoms with Crippen molar-refractivity contribution in [2.45, 2.75) is 25.3 Å². The maximum Gasteiger partial charge on any atom is 0.168 e. The molecule has 4 bridgehead atoms. The Morgan fingerprint density at radius 2 is 1.82 bits per heavy atom. The number of nitrogens with two attached hydrogens (primary N) is 2. The molecule has 3 aromatic carbocycles. The van der Waals surface area contributed by atoms with Gasteiger partial charge in [0.1, 0.15) is 23.2 Å². The smallest absolute Gasteiger partial charge is 0.168 e. The molecule has 0 saturated heterocycles. The number of hydrazine groups is 1. The summed E-state index contributed by atoms with van der Waals surface area (Å²) in [5.41, 5.74) is 7.92. The summed E-state index contributed by atoms with van der Waals surface area (Å²) < 4.78 is 77.8. The largest absolute Gasteiger partial charge is 0.454 e. The number of ether oxygens (including phenoxy) is 1. The molecule has 13 heteroatoms. The zero-order chi connectivity index (χ0) is 31.0. The van der Waals surface area contributed by atoms with Gasteiger partial charge in [0, 0.05) is 64.9 Å². The van der Waals surface area contributed by atoms with Crippen molar-refractivity contribution < 1.29 is 26.3 Å². The van der Waals surface area contributed by atoms with Gasteiger partial charge in [-0.15, -0.1) is 0 Å². The van der Waals surface area contributed by atoms with E-state index in [2.05, 4.69) is 15.0 Å². The lowest BCUT2D eigenvalue weighted by atomic mass is 9.93. The fourth-order valence-corrected chi connectivity index (χ4v) is 6.77. The van der Waals surface area contributed by atoms with Crippen molar-refractivity contribution >= 4 is 20.7 Å². The van der Waals surface area contributed by atoms with Crippen LogP contribution in [-0.4, -0.2) is 39.9 Å². The van der Waals surface area contributed by atoms with Gasteiger partial charge in [0.05, 0.1) is 23.6 Å². The number of halogens is 3. The molecule has 0 amide bonds. The minimum Gasteiger partial charge on any atom is -0.454 e. The Morgan fingerprint density at radius 3 is 2.64 bits per heavy atom. The first-order valence-corrected chi connectivity index (χ1v) is 15.6. The molecule has 6 N–H and O–H groups in total. The van der Waals surface area contributed by atoms with Crippen LogP contribution in [0, 0.1) is 17.5 Å². The molecule has 0 fully saturated rings. The molecule has 0 aliphatic carbocycles. The molecule has 2 aromatic heterocycles. The van der Waals surface area contributed by atoms with Crippen molar-refractivity contribution in [3.05, 3.63) is 113 Å². The van der Waals surface area contributed by atoms with Gasteiger partial charge in [-0.1, -0.05) is 18.2 Å². The molecule has 1 aliphatic heterocycles. The van der Waals surface area contributed by atoms with Crippen LogP contribution >= 0.6 is 0 Å². The van der Waals surface area contributed by atoms with Gasteiger partial charge < -0.3 is 25.4 Å². The number of aromatic amines is 2. The van der Waals surface area contributed by atoms with Crippen molar-refractivity contribution in [1.82, 2.24) is 20.0 Å². The summed E-state index contributed by atoms with van der Waals surface area (Å²) in [6.45, 7) is -0.0468. The number of nitrogens with one attached hydrogen (secondary N) is 2. The van der Waals surface area contributed by atoms with E-state index in [0.29, 0.717) is 22.2 Å². The molecular weight excluding hydrogens is 593 g/mol. The van der Waals surface area contributed by atoms with Crippen molar-refractivity contribution in [3.63, 3.8) is 0 Å². The average molecular weight is 623 g/mol. The van der Waals surface area contributed by atoms with Crippen LogP contribution in [0.15, 0.2) is 78.9 Å². The first kappa shape index (κ1) is 29.3. The highest BCUT2D eigenvalue weighted by molar-refractivity contribution is 7.91. The lowest BCUT2D eigenvalue weighted by Gasteiger charge is -2.20. The van der Waals surface area contributed by atoms with Crippen molar-refractivity contribution in [3.8, 4) is 22.9 Å². The fourth-order valence-electron chi connectivity index (χ4n) is 5.42. The van der Waals surface area contributed by atoms with E-state index in [1.807, 2.05) is 0 Å². The fraction of sp³-hybridized carbons (Fsp3) is 0.194. The lowest BCUT2D eigenvalue weighted by Crippen LogP contribution is -2.27. The molecule has 3 heterocycles. The van der Waals surface area contributed by atoms with Gasteiger partial charge in [-0.3, -0.25) is 0 Å². The molecule has 1 aliphatic rings. The van der Waals surface area contributed by atoms with Gasteiger partial charge in [0.2, 0.25) is 0 Å². The molecule has 228 valence electrons. The Hall–Kier alpha value is -4.75. The first-order valence-electron chi connectivity index (χ1n) is 13.8. The number of aromatic nitrogens is 3. The summed E-state index contributed by atoms with van der Waals surface area (Å²) in [6.07, 6.45) is 4.49. The third kappa shape index (κ3) is 6.01. The van der Waals surface area contributed by atoms with Crippen LogP contribution in [0.25, 0.3) is 22.3 Å². The zero-order valence-corrected chi connectivity index (χ0v) is 24.2. The Labute approximate surface area is 251 Å². The number of nitrogens with zero attached hydrogens (tertiary/aromatic N) is 2. The topological polar surface area (TPSA) is 143 Å². The SMILES string of the molecule is N/C1=C\N(N)Cc2c(c(F)cc3[nH]ccc23)Oc2ccc(F)c(c2)-c2ncc([nH]2)C(c2ccccc2F)CCS(=O)(=O)CC1. The van der Waals surface area contributed by atoms with E-state index in [0.717, 1.165) is 0 Å². The Balaban J connectivity index is 1.49. The van der Waals surface area contributed by atoms with Crippen LogP contribution in [0.3, 0.4) is 0 Å². The highest BCUT2D eigenvalue weighted by Gasteiger charge is 2.25. The molecular formula is C31H29F3N6O3S. The summed E-state index contributed by atoms with van der Waals surface area (Å²) in [5, 5.41) is 1.85. The van der Waals surface area contributed by atoms with Crippen LogP contribution in [0.4, 0.5) is 13.2 Å². The Bertz CT molecular complexity index is 1990. The number of fused-ring (bicyclic) bond motifs is 8. The molecule has 1 atom stereocenters. The van der Waals surface area contributed by atoms with Gasteiger partial charge in [-0.25, -0.2) is 32.4 Å². The number of hydrogen-bond donors (Lipinski definition) is 4. The van der Waals surface area contributed by atoms with Gasteiger partial charge >= 0.3 is 0 Å². The zero-order valence-electron chi connectivity index (χ0n) is 23.4. The number of sulfone groups is 1. The predicted molar refractivity (Wildman–Crippen MR) is 160 cm³/mol. The standard InChI is InChI=1S/C31H29F3N6O3S/c32-25-4-2-1-3-20(25)22-9-12-44(41,42)11-8-18(35)16-40(36)17-24-21-7-10-37-28(21)14-27(34)30(24)43-19-5-6-26(33)23(13-19)31-38-15-29(22)39-31/h1-7,10,13-16,22,37H,8-9,11-12,17,35-36H2,(H,38,39)/b18-16-. The molecule has 5 aromatic rings. The number of hydrogen-bond acceptors (Lipinski definition) is 7. The summed E-state index contributed by atoms with van der Waals surface area (Å²) in [5.74, 6) is 3.24. The minimum absolute atomic E-state index is 0.00815. The number of allylic oxidation sites excluding steroid dienone is 1. The van der Waals surface area contributed by atoms with Gasteiger partial charge in [-0.2, -0.15) is 0 Å². The first-order chi connectivity index (χ1) is 21.1. The molecule has 6 rings (SSSR count). The summed E-state index contributed by atoms with van der Waals surface area (Å²) >= 11 is 0. The second kappa shape index (κ2) is 11.7. The van der Waals surface area contributed by atoms with Crippen molar-refractivity contribution in [2.24, 2.45) is 11.6 Å². The van der Waals surface area contributed by atoms with E-state index in [1.165, 1.54) is 53.8 Å². The third-order valence-electron chi connectivity index (χ3n) is 7.62. The number of H-pyrrole nitrogens is 2. The second-order valence-electron chi connectivity index (χ2n) is 10.7. The Kier molecular flexibility index (Phi) is 7.82. The van der Waals surface area contributed by atoms with E-state index >= 15 is 8.78 Å². The van der Waals surface area contributed by atoms with E-state index in [4.69, 9.17) is 16.3 Å². The molecule has 44 heavy (non-hydrogen) atoms. The normalized spacial score (nSPS) is 18.8. The molecule has 0 radical (unpaired) electrons. The highest BCUT2D eigenvalue weighted by atomic mass is 32.2. The number of benzene rings is 3. The van der Waals surface area contributed by atoms with Crippen LogP contribution in [0.1, 0.15) is 35.6 Å². The van der Waals surface area contributed by atoms with E-state index in [-0.39, 0.29) is 65.0 Å². The number of rotatable bonds is 1. The second-order valence-corrected chi connectivity index (χ2v) is 13.0. The lowest BCUT2D eigenvalue weighted by molar-refractivity contribution is 0.367. The number of imidazole rings is 1. The summed E-state index contributed by atoms with van der Waals surface area (Å²) in [4.78, 5) is 10.3. The van der Waals surface area contributed by atoms with E-state index in [1.54, 1.807) is 24.4 Å². The predicted octanol–water partition coefficient (Wildman–Crippen LogP) is 5.58. The van der Waals surface area contributed by atoms with E-state index < -0.39 is 33.2 Å². The Morgan fingerprint density at radius 1 is 1.00 bits per heavy atom. The molecule has 0 spiro atoms. The quantitative estimate of drug-likeness (QED) is 0.179. The average Bonchev–Trinajstić information content (AvgIpc) is 3.65. The van der Waals surface area contributed by atoms with Gasteiger partial charge in [-0.05, 0) is 42.3 Å². The van der Waals surface area contributed by atoms with Crippen LogP contribution in [-0.2, 0) is 16.4 Å². The van der Waals surface area contributed by atoms with Crippen molar-refractivity contribution in [2.75, 3.05) is 11.5 Å². The summed E-state index contributed by atoms with van der Waals surface area (Å²) in [6, 6.07) is 13.0. The molecule has 0 saturated carbocycles. The minimum atomic E-state index is -3.64. The highest BCUT2D eigenvalue weighted by Crippen LogP contribution is 2.37. The molecule has 9 nitrogen and oxygen atoms in total. The monoisotopic (exact) mass is 622 g/mol. The summed E-state index contributed by atoms with van der Waals surface area (Å²) in [7, 11) is -3.64. The van der Waals surface area contributed by atoms with Crippen LogP contribution < -0.4 is 16.3 Å². The van der Waals surface area contributed by atoms with Crippen LogP contribution in [0.2, 0.25) is 0 Å². The maximum absolute atomic E-state index is 15.5. The molecule has 1 unspecified atom stereocenters. The maximum atomic E-state index is 15.5.